The SMILES string of the molecule is CCN(CC)C(=O)CN(C)CC(=O)COC. The zero-order valence-corrected chi connectivity index (χ0v) is 10.7. The van der Waals surface area contributed by atoms with Crippen LogP contribution >= 0.6 is 0 Å². The standard InChI is InChI=1S/C11H22N2O3/c1-5-13(6-2)11(15)8-12(3)7-10(14)9-16-4/h5-9H2,1-4H3. The van der Waals surface area contributed by atoms with Crippen LogP contribution in [-0.4, -0.2) is 68.4 Å². The Labute approximate surface area is 97.3 Å². The Morgan fingerprint density at radius 3 is 2.12 bits per heavy atom. The summed E-state index contributed by atoms with van der Waals surface area (Å²) in [6, 6.07) is 0. The molecule has 0 fully saturated rings. The number of hydrogen-bond acceptors (Lipinski definition) is 4. The molecule has 0 aromatic rings. The van der Waals surface area contributed by atoms with E-state index >= 15 is 0 Å². The summed E-state index contributed by atoms with van der Waals surface area (Å²) in [4.78, 5) is 26.4. The van der Waals surface area contributed by atoms with Crippen molar-refractivity contribution in [2.24, 2.45) is 0 Å². The van der Waals surface area contributed by atoms with E-state index < -0.39 is 0 Å². The minimum atomic E-state index is -0.0163. The molecule has 16 heavy (non-hydrogen) atoms. The van der Waals surface area contributed by atoms with Gasteiger partial charge in [0, 0.05) is 20.2 Å². The third-order valence-electron chi connectivity index (χ3n) is 2.27. The van der Waals surface area contributed by atoms with Crippen LogP contribution in [0.4, 0.5) is 0 Å². The summed E-state index contributed by atoms with van der Waals surface area (Å²) < 4.78 is 4.73. The first-order valence-electron chi connectivity index (χ1n) is 5.52. The van der Waals surface area contributed by atoms with E-state index in [1.165, 1.54) is 7.11 Å². The van der Waals surface area contributed by atoms with Crippen molar-refractivity contribution in [2.45, 2.75) is 13.8 Å². The molecular formula is C11H22N2O3. The van der Waals surface area contributed by atoms with Crippen LogP contribution in [0.15, 0.2) is 0 Å². The Hall–Kier alpha value is -0.940. The van der Waals surface area contributed by atoms with E-state index in [4.69, 9.17) is 4.74 Å². The van der Waals surface area contributed by atoms with Crippen LogP contribution in [0.3, 0.4) is 0 Å². The Kier molecular flexibility index (Phi) is 7.76. The highest BCUT2D eigenvalue weighted by Gasteiger charge is 2.14. The normalized spacial score (nSPS) is 10.6. The summed E-state index contributed by atoms with van der Waals surface area (Å²) >= 11 is 0. The largest absolute Gasteiger partial charge is 0.377 e. The molecule has 5 heteroatoms. The topological polar surface area (TPSA) is 49.9 Å². The molecule has 1 amide bonds. The first-order valence-corrected chi connectivity index (χ1v) is 5.52. The van der Waals surface area contributed by atoms with Crippen molar-refractivity contribution in [1.82, 2.24) is 9.80 Å². The van der Waals surface area contributed by atoms with E-state index in [1.807, 2.05) is 13.8 Å². The van der Waals surface area contributed by atoms with Gasteiger partial charge in [0.05, 0.1) is 13.1 Å². The number of nitrogens with zero attached hydrogens (tertiary/aromatic N) is 2. The average Bonchev–Trinajstić information content (AvgIpc) is 2.19. The number of hydrogen-bond donors (Lipinski definition) is 0. The van der Waals surface area contributed by atoms with Gasteiger partial charge in [-0.05, 0) is 20.9 Å². The molecule has 0 unspecified atom stereocenters. The lowest BCUT2D eigenvalue weighted by molar-refractivity contribution is -0.132. The van der Waals surface area contributed by atoms with Gasteiger partial charge < -0.3 is 9.64 Å². The highest BCUT2D eigenvalue weighted by atomic mass is 16.5. The van der Waals surface area contributed by atoms with Crippen LogP contribution < -0.4 is 0 Å². The number of carbonyl (C=O) groups is 2. The van der Waals surface area contributed by atoms with Gasteiger partial charge in [-0.3, -0.25) is 14.5 Å². The highest BCUT2D eigenvalue weighted by Crippen LogP contribution is 1.92. The molecule has 0 spiro atoms. The lowest BCUT2D eigenvalue weighted by Gasteiger charge is -2.22. The lowest BCUT2D eigenvalue weighted by Crippen LogP contribution is -2.40. The fourth-order valence-electron chi connectivity index (χ4n) is 1.47. The molecule has 94 valence electrons. The first-order chi connectivity index (χ1) is 7.54. The minimum absolute atomic E-state index is 0.0163. The molecule has 0 aliphatic carbocycles. The van der Waals surface area contributed by atoms with E-state index in [9.17, 15) is 9.59 Å². The number of Topliss-reactive ketones (excluding diaryl/α,β-unsaturated/α-hetero) is 1. The van der Waals surface area contributed by atoms with Crippen molar-refractivity contribution in [1.29, 1.82) is 0 Å². The van der Waals surface area contributed by atoms with E-state index in [0.717, 1.165) is 0 Å². The van der Waals surface area contributed by atoms with Crippen molar-refractivity contribution >= 4 is 11.7 Å². The van der Waals surface area contributed by atoms with Crippen LogP contribution in [0.2, 0.25) is 0 Å². The Bertz CT molecular complexity index is 227. The second-order valence-electron chi connectivity index (χ2n) is 3.71. The molecule has 0 heterocycles. The number of likely N-dealkylation sites (N-methyl/N-ethyl adjacent to an activating group) is 2. The van der Waals surface area contributed by atoms with Crippen LogP contribution in [0.1, 0.15) is 13.8 Å². The fraction of sp³-hybridized carbons (Fsp3) is 0.818. The predicted molar refractivity (Wildman–Crippen MR) is 62.3 cm³/mol. The molecule has 0 saturated carbocycles. The van der Waals surface area contributed by atoms with Gasteiger partial charge >= 0.3 is 0 Å². The maximum Gasteiger partial charge on any atom is 0.236 e. The van der Waals surface area contributed by atoms with E-state index in [1.54, 1.807) is 16.8 Å². The van der Waals surface area contributed by atoms with Crippen LogP contribution in [0, 0.1) is 0 Å². The van der Waals surface area contributed by atoms with Gasteiger partial charge in [-0.15, -0.1) is 0 Å². The minimum Gasteiger partial charge on any atom is -0.377 e. The number of amides is 1. The number of carbonyl (C=O) groups excluding carboxylic acids is 2. The van der Waals surface area contributed by atoms with E-state index in [2.05, 4.69) is 0 Å². The molecule has 0 saturated heterocycles. The summed E-state index contributed by atoms with van der Waals surface area (Å²) in [5.74, 6) is 0.0371. The van der Waals surface area contributed by atoms with Gasteiger partial charge in [0.15, 0.2) is 5.78 Å². The van der Waals surface area contributed by atoms with Crippen molar-refractivity contribution in [2.75, 3.05) is 46.9 Å². The van der Waals surface area contributed by atoms with Crippen molar-refractivity contribution in [3.8, 4) is 0 Å². The number of ketones is 1. The molecule has 0 radical (unpaired) electrons. The molecule has 0 rings (SSSR count). The maximum absolute atomic E-state index is 11.7. The van der Waals surface area contributed by atoms with Gasteiger partial charge in [0.1, 0.15) is 6.61 Å². The fourth-order valence-corrected chi connectivity index (χ4v) is 1.47. The summed E-state index contributed by atoms with van der Waals surface area (Å²) in [5, 5.41) is 0. The zero-order chi connectivity index (χ0) is 12.6. The number of methoxy groups -OCH3 is 1. The van der Waals surface area contributed by atoms with Crippen LogP contribution in [-0.2, 0) is 14.3 Å². The Morgan fingerprint density at radius 1 is 1.12 bits per heavy atom. The van der Waals surface area contributed by atoms with Gasteiger partial charge in [-0.1, -0.05) is 0 Å². The third-order valence-corrected chi connectivity index (χ3v) is 2.27. The molecule has 0 atom stereocenters. The van der Waals surface area contributed by atoms with Gasteiger partial charge in [-0.25, -0.2) is 0 Å². The Balaban J connectivity index is 3.99. The van der Waals surface area contributed by atoms with E-state index in [0.29, 0.717) is 13.1 Å². The molecule has 0 aromatic carbocycles. The zero-order valence-electron chi connectivity index (χ0n) is 10.7. The molecule has 5 nitrogen and oxygen atoms in total. The summed E-state index contributed by atoms with van der Waals surface area (Å²) in [7, 11) is 3.24. The smallest absolute Gasteiger partial charge is 0.236 e. The van der Waals surface area contributed by atoms with Gasteiger partial charge in [0.25, 0.3) is 0 Å². The lowest BCUT2D eigenvalue weighted by atomic mass is 10.3. The van der Waals surface area contributed by atoms with Crippen molar-refractivity contribution in [3.63, 3.8) is 0 Å². The van der Waals surface area contributed by atoms with Crippen molar-refractivity contribution < 1.29 is 14.3 Å². The monoisotopic (exact) mass is 230 g/mol. The molecule has 0 bridgehead atoms. The van der Waals surface area contributed by atoms with Gasteiger partial charge in [0.2, 0.25) is 5.91 Å². The number of ether oxygens (including phenoxy) is 1. The van der Waals surface area contributed by atoms with Crippen molar-refractivity contribution in [3.05, 3.63) is 0 Å². The van der Waals surface area contributed by atoms with E-state index in [-0.39, 0.29) is 31.4 Å². The van der Waals surface area contributed by atoms with Gasteiger partial charge in [-0.2, -0.15) is 0 Å². The summed E-state index contributed by atoms with van der Waals surface area (Å²) in [6.07, 6.45) is 0. The maximum atomic E-state index is 11.7. The molecule has 0 N–H and O–H groups in total. The molecule has 0 aliphatic heterocycles. The number of rotatable bonds is 8. The molecule has 0 aromatic heterocycles. The average molecular weight is 230 g/mol. The summed E-state index contributed by atoms with van der Waals surface area (Å²) in [6.45, 7) is 5.92. The van der Waals surface area contributed by atoms with Crippen LogP contribution in [0.25, 0.3) is 0 Å². The molecular weight excluding hydrogens is 208 g/mol. The third kappa shape index (κ3) is 5.82. The second-order valence-corrected chi connectivity index (χ2v) is 3.71. The highest BCUT2D eigenvalue weighted by molar-refractivity contribution is 5.83. The predicted octanol–water partition coefficient (Wildman–Crippen LogP) is 0.00210. The Morgan fingerprint density at radius 2 is 1.69 bits per heavy atom. The second kappa shape index (κ2) is 8.24. The molecule has 0 aliphatic rings. The van der Waals surface area contributed by atoms with Crippen LogP contribution in [0.5, 0.6) is 0 Å². The quantitative estimate of drug-likeness (QED) is 0.589. The summed E-state index contributed by atoms with van der Waals surface area (Å²) in [5.41, 5.74) is 0. The first kappa shape index (κ1) is 15.1.